The molecule has 0 atom stereocenters. The molecule has 3 aliphatic rings. The minimum atomic E-state index is 0.189. The maximum atomic E-state index is 5.81. The summed E-state index contributed by atoms with van der Waals surface area (Å²) in [6.07, 6.45) is 2.58. The fourth-order valence-electron chi connectivity index (χ4n) is 2.28. The predicted octanol–water partition coefficient (Wildman–Crippen LogP) is 1.96. The lowest BCUT2D eigenvalue weighted by Gasteiger charge is -2.31. The zero-order chi connectivity index (χ0) is 6.70. The van der Waals surface area contributed by atoms with Crippen molar-refractivity contribution >= 4 is 0 Å². The van der Waals surface area contributed by atoms with Crippen LogP contribution < -0.4 is 0 Å². The van der Waals surface area contributed by atoms with Crippen LogP contribution in [0.25, 0.3) is 0 Å². The van der Waals surface area contributed by atoms with Crippen LogP contribution in [0.4, 0.5) is 0 Å². The normalized spacial score (nSPS) is 53.0. The first-order valence-electron chi connectivity index (χ1n) is 3.72. The maximum absolute atomic E-state index is 5.81. The van der Waals surface area contributed by atoms with Crippen LogP contribution in [-0.2, 0) is 4.74 Å². The summed E-state index contributed by atoms with van der Waals surface area (Å²) in [5.74, 6) is 0.850. The van der Waals surface area contributed by atoms with Crippen LogP contribution >= 0.6 is 0 Å². The van der Waals surface area contributed by atoms with Gasteiger partial charge in [-0.25, -0.2) is 0 Å². The summed E-state index contributed by atoms with van der Waals surface area (Å²) < 4.78 is 5.81. The minimum Gasteiger partial charge on any atom is -0.369 e. The molecule has 0 aromatic heterocycles. The molecule has 2 aliphatic heterocycles. The Hall–Kier alpha value is -0.0400. The highest BCUT2D eigenvalue weighted by Crippen LogP contribution is 2.57. The van der Waals surface area contributed by atoms with Crippen molar-refractivity contribution in [2.24, 2.45) is 5.92 Å². The van der Waals surface area contributed by atoms with E-state index in [9.17, 15) is 0 Å². The summed E-state index contributed by atoms with van der Waals surface area (Å²) >= 11 is 0. The molecule has 3 fully saturated rings. The molecule has 1 nitrogen and oxygen atoms in total. The number of fused-ring (bicyclic) bond motifs is 1. The Balaban J connectivity index is 2.23. The second kappa shape index (κ2) is 1.20. The first-order valence-corrected chi connectivity index (χ1v) is 3.72. The molecule has 2 saturated heterocycles. The highest BCUT2D eigenvalue weighted by atomic mass is 16.5. The van der Waals surface area contributed by atoms with E-state index in [-0.39, 0.29) is 11.2 Å². The zero-order valence-electron chi connectivity index (χ0n) is 6.40. The Morgan fingerprint density at radius 2 is 1.78 bits per heavy atom. The van der Waals surface area contributed by atoms with Gasteiger partial charge in [0.2, 0.25) is 0 Å². The van der Waals surface area contributed by atoms with Gasteiger partial charge in [-0.3, -0.25) is 0 Å². The zero-order valence-corrected chi connectivity index (χ0v) is 6.40. The molecule has 0 N–H and O–H groups in total. The largest absolute Gasteiger partial charge is 0.369 e. The van der Waals surface area contributed by atoms with Crippen LogP contribution in [0.5, 0.6) is 0 Å². The summed E-state index contributed by atoms with van der Waals surface area (Å²) in [4.78, 5) is 0. The van der Waals surface area contributed by atoms with Gasteiger partial charge in [-0.2, -0.15) is 0 Å². The Labute approximate surface area is 56.4 Å². The molecular weight excluding hydrogens is 112 g/mol. The van der Waals surface area contributed by atoms with E-state index in [2.05, 4.69) is 20.8 Å². The SMILES string of the molecule is CC12CC(C1)C(C)(C)O2. The first kappa shape index (κ1) is 5.72. The van der Waals surface area contributed by atoms with Crippen molar-refractivity contribution < 1.29 is 4.74 Å². The van der Waals surface area contributed by atoms with E-state index in [1.165, 1.54) is 12.8 Å². The average molecular weight is 126 g/mol. The third-order valence-corrected chi connectivity index (χ3v) is 2.85. The Morgan fingerprint density at radius 3 is 1.89 bits per heavy atom. The Kier molecular flexibility index (Phi) is 0.760. The standard InChI is InChI=1S/C8H14O/c1-7(2)6-4-8(3,5-6)9-7/h6H,4-5H2,1-3H3. The quantitative estimate of drug-likeness (QED) is 0.482. The number of ether oxygens (including phenoxy) is 1. The van der Waals surface area contributed by atoms with E-state index in [0.717, 1.165) is 5.92 Å². The number of rotatable bonds is 0. The second-order valence-electron chi connectivity index (χ2n) is 4.26. The smallest absolute Gasteiger partial charge is 0.0669 e. The van der Waals surface area contributed by atoms with Gasteiger partial charge >= 0.3 is 0 Å². The van der Waals surface area contributed by atoms with Crippen molar-refractivity contribution in [3.63, 3.8) is 0 Å². The monoisotopic (exact) mass is 126 g/mol. The molecule has 0 spiro atoms. The molecule has 2 heterocycles. The van der Waals surface area contributed by atoms with Crippen molar-refractivity contribution in [2.75, 3.05) is 0 Å². The highest BCUT2D eigenvalue weighted by Gasteiger charge is 2.58. The van der Waals surface area contributed by atoms with Crippen molar-refractivity contribution in [1.29, 1.82) is 0 Å². The van der Waals surface area contributed by atoms with E-state index < -0.39 is 0 Å². The van der Waals surface area contributed by atoms with Gasteiger partial charge in [-0.15, -0.1) is 0 Å². The van der Waals surface area contributed by atoms with Crippen LogP contribution in [0.15, 0.2) is 0 Å². The van der Waals surface area contributed by atoms with Crippen LogP contribution in [0.2, 0.25) is 0 Å². The topological polar surface area (TPSA) is 9.23 Å². The predicted molar refractivity (Wildman–Crippen MR) is 36.3 cm³/mol. The molecule has 0 radical (unpaired) electrons. The highest BCUT2D eigenvalue weighted by molar-refractivity contribution is 5.07. The summed E-state index contributed by atoms with van der Waals surface area (Å²) in [7, 11) is 0. The molecule has 2 bridgehead atoms. The lowest BCUT2D eigenvalue weighted by atomic mass is 9.70. The molecule has 0 aromatic rings. The van der Waals surface area contributed by atoms with E-state index in [0.29, 0.717) is 0 Å². The molecule has 0 amide bonds. The summed E-state index contributed by atoms with van der Waals surface area (Å²) in [5, 5.41) is 0. The maximum Gasteiger partial charge on any atom is 0.0669 e. The van der Waals surface area contributed by atoms with E-state index >= 15 is 0 Å². The van der Waals surface area contributed by atoms with Crippen LogP contribution in [-0.4, -0.2) is 11.2 Å². The molecule has 1 heteroatoms. The fraction of sp³-hybridized carbons (Fsp3) is 1.00. The van der Waals surface area contributed by atoms with Crippen molar-refractivity contribution in [3.05, 3.63) is 0 Å². The molecule has 1 saturated carbocycles. The fourth-order valence-corrected chi connectivity index (χ4v) is 2.28. The Bertz CT molecular complexity index is 143. The van der Waals surface area contributed by atoms with E-state index in [1.54, 1.807) is 0 Å². The molecule has 3 rings (SSSR count). The van der Waals surface area contributed by atoms with Gasteiger partial charge in [-0.05, 0) is 39.5 Å². The van der Waals surface area contributed by atoms with Crippen LogP contribution in [0, 0.1) is 5.92 Å². The van der Waals surface area contributed by atoms with Gasteiger partial charge in [0.15, 0.2) is 0 Å². The molecule has 0 unspecified atom stereocenters. The van der Waals surface area contributed by atoms with Gasteiger partial charge in [0.05, 0.1) is 11.2 Å². The first-order chi connectivity index (χ1) is 4.02. The second-order valence-corrected chi connectivity index (χ2v) is 4.26. The summed E-state index contributed by atoms with van der Waals surface area (Å²) in [5.41, 5.74) is 0.461. The van der Waals surface area contributed by atoms with Gasteiger partial charge in [0, 0.05) is 0 Å². The van der Waals surface area contributed by atoms with Gasteiger partial charge in [0.1, 0.15) is 0 Å². The summed E-state index contributed by atoms with van der Waals surface area (Å²) in [6, 6.07) is 0. The van der Waals surface area contributed by atoms with Crippen molar-refractivity contribution in [3.8, 4) is 0 Å². The Morgan fingerprint density at radius 1 is 1.22 bits per heavy atom. The van der Waals surface area contributed by atoms with Crippen molar-refractivity contribution in [1.82, 2.24) is 0 Å². The molecule has 52 valence electrons. The lowest BCUT2D eigenvalue weighted by molar-refractivity contribution is -0.0425. The third-order valence-electron chi connectivity index (χ3n) is 2.85. The molecule has 1 aliphatic carbocycles. The third kappa shape index (κ3) is 0.586. The molecule has 9 heavy (non-hydrogen) atoms. The molecular formula is C8H14O. The minimum absolute atomic E-state index is 0.189. The summed E-state index contributed by atoms with van der Waals surface area (Å²) in [6.45, 7) is 6.63. The van der Waals surface area contributed by atoms with E-state index in [4.69, 9.17) is 4.74 Å². The van der Waals surface area contributed by atoms with Gasteiger partial charge in [-0.1, -0.05) is 0 Å². The van der Waals surface area contributed by atoms with Crippen molar-refractivity contribution in [2.45, 2.75) is 44.8 Å². The average Bonchev–Trinajstić information content (AvgIpc) is 1.83. The van der Waals surface area contributed by atoms with E-state index in [1.807, 2.05) is 0 Å². The van der Waals surface area contributed by atoms with Crippen LogP contribution in [0.3, 0.4) is 0 Å². The van der Waals surface area contributed by atoms with Gasteiger partial charge < -0.3 is 4.74 Å². The van der Waals surface area contributed by atoms with Gasteiger partial charge in [0.25, 0.3) is 0 Å². The van der Waals surface area contributed by atoms with Crippen LogP contribution in [0.1, 0.15) is 33.6 Å². The number of hydrogen-bond donors (Lipinski definition) is 0. The number of hydrogen-bond acceptors (Lipinski definition) is 1. The lowest BCUT2D eigenvalue weighted by Crippen LogP contribution is -2.33. The molecule has 0 aromatic carbocycles.